The molecule has 0 saturated carbocycles. The fourth-order valence-corrected chi connectivity index (χ4v) is 3.18. The predicted molar refractivity (Wildman–Crippen MR) is 109 cm³/mol. The van der Waals surface area contributed by atoms with Crippen LogP contribution in [0.5, 0.6) is 5.75 Å². The van der Waals surface area contributed by atoms with E-state index in [1.807, 2.05) is 13.0 Å². The Morgan fingerprint density at radius 1 is 1.18 bits per heavy atom. The molecule has 0 bridgehead atoms. The number of thiazole rings is 1. The first-order valence-electron chi connectivity index (χ1n) is 8.52. The number of aromatic nitrogens is 1. The third-order valence-corrected chi connectivity index (χ3v) is 4.66. The number of nitrogen functional groups attached to an aromatic ring is 1. The third kappa shape index (κ3) is 4.80. The Hall–Kier alpha value is -3.52. The average molecular weight is 394 g/mol. The number of hydrogen-bond acceptors (Lipinski definition) is 7. The van der Waals surface area contributed by atoms with Crippen molar-refractivity contribution in [3.8, 4) is 5.75 Å². The highest BCUT2D eigenvalue weighted by Crippen LogP contribution is 2.20. The maximum absolute atomic E-state index is 12.2. The van der Waals surface area contributed by atoms with Crippen LogP contribution in [0.2, 0.25) is 0 Å². The van der Waals surface area contributed by atoms with Crippen molar-refractivity contribution in [2.75, 3.05) is 5.73 Å². The lowest BCUT2D eigenvalue weighted by molar-refractivity contribution is 0.0734. The maximum atomic E-state index is 12.2. The van der Waals surface area contributed by atoms with E-state index < -0.39 is 5.97 Å². The summed E-state index contributed by atoms with van der Waals surface area (Å²) in [6.45, 7) is 1.90. The van der Waals surface area contributed by atoms with E-state index in [0.29, 0.717) is 33.4 Å². The van der Waals surface area contributed by atoms with Gasteiger partial charge in [0, 0.05) is 0 Å². The van der Waals surface area contributed by atoms with E-state index >= 15 is 0 Å². The number of nitrogens with zero attached hydrogens (tertiary/aromatic N) is 2. The maximum Gasteiger partial charge on any atom is 0.343 e. The van der Waals surface area contributed by atoms with Gasteiger partial charge < -0.3 is 10.5 Å². The molecule has 28 heavy (non-hydrogen) atoms. The number of aryl methyl sites for hydroxylation is 1. The molecule has 1 amide bonds. The topological polar surface area (TPSA) is 107 Å². The second-order valence-electron chi connectivity index (χ2n) is 5.71. The number of hydrazone groups is 1. The van der Waals surface area contributed by atoms with Gasteiger partial charge in [-0.1, -0.05) is 36.5 Å². The highest BCUT2D eigenvalue weighted by Gasteiger charge is 2.15. The zero-order valence-corrected chi connectivity index (χ0v) is 15.9. The minimum Gasteiger partial charge on any atom is -0.423 e. The molecule has 0 aliphatic carbocycles. The molecule has 0 aliphatic heterocycles. The van der Waals surface area contributed by atoms with Gasteiger partial charge in [0.1, 0.15) is 10.6 Å². The summed E-state index contributed by atoms with van der Waals surface area (Å²) in [5.41, 5.74) is 9.98. The molecular formula is C20H18N4O3S. The summed E-state index contributed by atoms with van der Waals surface area (Å²) in [6.07, 6.45) is 2.11. The molecule has 3 N–H and O–H groups in total. The van der Waals surface area contributed by atoms with Gasteiger partial charge in [0.05, 0.1) is 17.5 Å². The van der Waals surface area contributed by atoms with Gasteiger partial charge in [0.15, 0.2) is 5.13 Å². The van der Waals surface area contributed by atoms with Crippen LogP contribution < -0.4 is 15.9 Å². The van der Waals surface area contributed by atoms with E-state index in [9.17, 15) is 9.59 Å². The zero-order chi connectivity index (χ0) is 19.9. The van der Waals surface area contributed by atoms with Gasteiger partial charge in [-0.05, 0) is 48.4 Å². The van der Waals surface area contributed by atoms with Crippen LogP contribution in [-0.2, 0) is 6.42 Å². The van der Waals surface area contributed by atoms with E-state index in [2.05, 4.69) is 15.5 Å². The van der Waals surface area contributed by atoms with Crippen molar-refractivity contribution >= 4 is 34.6 Å². The Labute approximate surface area is 165 Å². The molecule has 0 fully saturated rings. The number of nitrogens with one attached hydrogen (secondary N) is 1. The summed E-state index contributed by atoms with van der Waals surface area (Å²) in [5.74, 6) is -0.358. The van der Waals surface area contributed by atoms with Crippen molar-refractivity contribution in [1.82, 2.24) is 10.4 Å². The summed E-state index contributed by atoms with van der Waals surface area (Å²) >= 11 is 1.13. The Kier molecular flexibility index (Phi) is 6.13. The molecule has 8 heteroatoms. The van der Waals surface area contributed by atoms with Gasteiger partial charge in [-0.15, -0.1) is 0 Å². The molecule has 0 saturated heterocycles. The molecule has 3 aromatic rings. The monoisotopic (exact) mass is 394 g/mol. The fraction of sp³-hybridized carbons (Fsp3) is 0.100. The van der Waals surface area contributed by atoms with Gasteiger partial charge >= 0.3 is 5.97 Å². The van der Waals surface area contributed by atoms with Gasteiger partial charge in [-0.2, -0.15) is 5.10 Å². The molecule has 3 rings (SSSR count). The summed E-state index contributed by atoms with van der Waals surface area (Å²) in [7, 11) is 0. The van der Waals surface area contributed by atoms with Crippen LogP contribution in [-0.4, -0.2) is 23.1 Å². The number of carbonyl (C=O) groups is 2. The molecule has 0 radical (unpaired) electrons. The van der Waals surface area contributed by atoms with Gasteiger partial charge in [-0.3, -0.25) is 4.79 Å². The highest BCUT2D eigenvalue weighted by atomic mass is 32.1. The molecule has 1 heterocycles. The van der Waals surface area contributed by atoms with Crippen LogP contribution in [0, 0.1) is 0 Å². The van der Waals surface area contributed by atoms with Crippen LogP contribution in [0.15, 0.2) is 59.7 Å². The largest absolute Gasteiger partial charge is 0.423 e. The first-order chi connectivity index (χ1) is 13.6. The van der Waals surface area contributed by atoms with Gasteiger partial charge in [-0.25, -0.2) is 15.2 Å². The molecule has 7 nitrogen and oxygen atoms in total. The summed E-state index contributed by atoms with van der Waals surface area (Å²) in [4.78, 5) is 28.8. The number of anilines is 1. The predicted octanol–water partition coefficient (Wildman–Crippen LogP) is 3.27. The van der Waals surface area contributed by atoms with Gasteiger partial charge in [0.2, 0.25) is 0 Å². The van der Waals surface area contributed by atoms with Crippen molar-refractivity contribution in [2.24, 2.45) is 5.10 Å². The molecule has 1 aromatic heterocycles. The number of carbonyl (C=O) groups excluding carboxylic acids is 2. The first-order valence-corrected chi connectivity index (χ1v) is 9.34. The summed E-state index contributed by atoms with van der Waals surface area (Å²) in [5, 5.41) is 4.30. The molecule has 0 unspecified atom stereocenters. The lowest BCUT2D eigenvalue weighted by Gasteiger charge is -2.04. The molecule has 142 valence electrons. The molecule has 0 atom stereocenters. The number of nitrogens with two attached hydrogens (primary N) is 1. The van der Waals surface area contributed by atoms with Crippen LogP contribution in [0.3, 0.4) is 0 Å². The van der Waals surface area contributed by atoms with E-state index in [1.165, 1.54) is 6.21 Å². The SMILES string of the molecule is CCc1nc(N)sc1C(=O)N/N=C\c1ccc(OC(=O)c2ccccc2)cc1. The molecule has 0 spiro atoms. The van der Waals surface area contributed by atoms with Crippen LogP contribution in [0.4, 0.5) is 5.13 Å². The van der Waals surface area contributed by atoms with Crippen LogP contribution in [0.25, 0.3) is 0 Å². The van der Waals surface area contributed by atoms with E-state index in [0.717, 1.165) is 16.9 Å². The minimum atomic E-state index is -0.426. The van der Waals surface area contributed by atoms with Crippen LogP contribution >= 0.6 is 11.3 Å². The zero-order valence-electron chi connectivity index (χ0n) is 15.1. The number of esters is 1. The lowest BCUT2D eigenvalue weighted by atomic mass is 10.2. The van der Waals surface area contributed by atoms with E-state index in [1.54, 1.807) is 48.5 Å². The van der Waals surface area contributed by atoms with Crippen molar-refractivity contribution in [1.29, 1.82) is 0 Å². The first kappa shape index (κ1) is 19.2. The highest BCUT2D eigenvalue weighted by molar-refractivity contribution is 7.17. The molecule has 0 aliphatic rings. The molecule has 2 aromatic carbocycles. The van der Waals surface area contributed by atoms with E-state index in [-0.39, 0.29) is 5.91 Å². The van der Waals surface area contributed by atoms with Crippen molar-refractivity contribution in [3.05, 3.63) is 76.3 Å². The Morgan fingerprint density at radius 3 is 2.57 bits per heavy atom. The lowest BCUT2D eigenvalue weighted by Crippen LogP contribution is -2.17. The standard InChI is InChI=1S/C20H18N4O3S/c1-2-16-17(28-20(21)23-16)18(25)24-22-12-13-8-10-15(11-9-13)27-19(26)14-6-4-3-5-7-14/h3-12H,2H2,1H3,(H2,21,23)(H,24,25)/b22-12-. The quantitative estimate of drug-likeness (QED) is 0.289. The van der Waals surface area contributed by atoms with Crippen molar-refractivity contribution in [2.45, 2.75) is 13.3 Å². The number of amides is 1. The minimum absolute atomic E-state index is 0.351. The number of benzene rings is 2. The van der Waals surface area contributed by atoms with Gasteiger partial charge in [0.25, 0.3) is 5.91 Å². The Morgan fingerprint density at radius 2 is 1.89 bits per heavy atom. The third-order valence-electron chi connectivity index (χ3n) is 3.73. The number of ether oxygens (including phenoxy) is 1. The number of hydrogen-bond donors (Lipinski definition) is 2. The second kappa shape index (κ2) is 8.92. The average Bonchev–Trinajstić information content (AvgIpc) is 3.11. The fourth-order valence-electron chi connectivity index (χ4n) is 2.37. The van der Waals surface area contributed by atoms with Crippen molar-refractivity contribution in [3.63, 3.8) is 0 Å². The number of rotatable bonds is 6. The smallest absolute Gasteiger partial charge is 0.343 e. The summed E-state index contributed by atoms with van der Waals surface area (Å²) < 4.78 is 5.31. The van der Waals surface area contributed by atoms with Crippen LogP contribution in [0.1, 0.15) is 38.2 Å². The normalized spacial score (nSPS) is 10.8. The van der Waals surface area contributed by atoms with Crippen molar-refractivity contribution < 1.29 is 14.3 Å². The Balaban J connectivity index is 1.58. The Bertz CT molecular complexity index is 998. The molecular weight excluding hydrogens is 376 g/mol. The second-order valence-corrected chi connectivity index (χ2v) is 6.74. The summed E-state index contributed by atoms with van der Waals surface area (Å²) in [6, 6.07) is 15.5. The van der Waals surface area contributed by atoms with E-state index in [4.69, 9.17) is 10.5 Å².